The average Bonchev–Trinajstić information content (AvgIpc) is 3.13. The second-order valence-electron chi connectivity index (χ2n) is 4.96. The number of aliphatic hydroxyl groups is 1. The number of alkyl halides is 3. The number of halogens is 3. The number of rotatable bonds is 5. The summed E-state index contributed by atoms with van der Waals surface area (Å²) in [6.45, 7) is -0.477. The summed E-state index contributed by atoms with van der Waals surface area (Å²) in [5, 5.41) is 10.5. The Hall–Kier alpha value is -2.36. The Morgan fingerprint density at radius 2 is 2.09 bits per heavy atom. The normalized spacial score (nSPS) is 15.9. The van der Waals surface area contributed by atoms with Crippen molar-refractivity contribution < 1.29 is 27.8 Å². The molecule has 2 aromatic rings. The van der Waals surface area contributed by atoms with Crippen LogP contribution in [0, 0.1) is 5.92 Å². The first kappa shape index (κ1) is 17.0. The van der Waals surface area contributed by atoms with E-state index in [4.69, 9.17) is 0 Å². The lowest BCUT2D eigenvalue weighted by Crippen LogP contribution is -2.54. The van der Waals surface area contributed by atoms with Gasteiger partial charge in [-0.2, -0.15) is 13.2 Å². The highest BCUT2D eigenvalue weighted by molar-refractivity contribution is 5.74. The second-order valence-corrected chi connectivity index (χ2v) is 4.96. The molecule has 0 aliphatic heterocycles. The van der Waals surface area contributed by atoms with Gasteiger partial charge in [0.15, 0.2) is 5.82 Å². The van der Waals surface area contributed by atoms with Crippen molar-refractivity contribution >= 4 is 5.97 Å². The van der Waals surface area contributed by atoms with Crippen molar-refractivity contribution in [1.82, 2.24) is 19.1 Å². The van der Waals surface area contributed by atoms with Gasteiger partial charge in [0, 0.05) is 38.4 Å². The van der Waals surface area contributed by atoms with Crippen molar-refractivity contribution in [1.29, 1.82) is 0 Å². The Labute approximate surface area is 129 Å². The van der Waals surface area contributed by atoms with Gasteiger partial charge in [-0.3, -0.25) is 4.79 Å². The summed E-state index contributed by atoms with van der Waals surface area (Å²) < 4.78 is 47.8. The molecule has 0 saturated heterocycles. The summed E-state index contributed by atoms with van der Waals surface area (Å²) in [5.74, 6) is -3.86. The lowest BCUT2D eigenvalue weighted by atomic mass is 9.85. The first-order chi connectivity index (χ1) is 10.7. The molecule has 2 atom stereocenters. The number of hydrogen-bond acceptors (Lipinski definition) is 5. The third-order valence-electron chi connectivity index (χ3n) is 3.54. The van der Waals surface area contributed by atoms with E-state index >= 15 is 0 Å². The maximum absolute atomic E-state index is 13.7. The molecule has 0 unspecified atom stereocenters. The van der Waals surface area contributed by atoms with E-state index < -0.39 is 36.0 Å². The number of carbonyl (C=O) groups is 1. The second kappa shape index (κ2) is 6.03. The zero-order valence-electron chi connectivity index (χ0n) is 12.4. The summed E-state index contributed by atoms with van der Waals surface area (Å²) in [6, 6.07) is 0. The topological polar surface area (TPSA) is 82.2 Å². The van der Waals surface area contributed by atoms with E-state index in [1.807, 2.05) is 0 Å². The summed E-state index contributed by atoms with van der Waals surface area (Å²) in [4.78, 5) is 19.3. The van der Waals surface area contributed by atoms with Gasteiger partial charge in [0.05, 0.1) is 13.4 Å². The Morgan fingerprint density at radius 3 is 2.52 bits per heavy atom. The van der Waals surface area contributed by atoms with Crippen LogP contribution in [-0.4, -0.2) is 43.5 Å². The van der Waals surface area contributed by atoms with E-state index in [2.05, 4.69) is 14.7 Å². The number of ether oxygens (including phenoxy) is 1. The van der Waals surface area contributed by atoms with Crippen LogP contribution in [0.4, 0.5) is 13.2 Å². The number of nitrogens with zero attached hydrogens (tertiary/aromatic N) is 4. The standard InChI is InChI=1S/C13H15F3N4O3/c1-19-5-4-18-11(19)12(22,13(14,15)16)9(10(21)23-2)7-20-6-3-17-8-20/h3-6,8-9,22H,7H2,1-2H3/t9-,12-/m0/s1. The molecule has 10 heteroatoms. The van der Waals surface area contributed by atoms with Crippen LogP contribution in [0.1, 0.15) is 5.82 Å². The van der Waals surface area contributed by atoms with Crippen molar-refractivity contribution in [3.8, 4) is 0 Å². The van der Waals surface area contributed by atoms with Gasteiger partial charge in [0.2, 0.25) is 5.60 Å². The van der Waals surface area contributed by atoms with Gasteiger partial charge in [0.1, 0.15) is 5.92 Å². The predicted molar refractivity (Wildman–Crippen MR) is 70.9 cm³/mol. The third-order valence-corrected chi connectivity index (χ3v) is 3.54. The zero-order valence-corrected chi connectivity index (χ0v) is 12.4. The Balaban J connectivity index is 2.57. The molecule has 2 aromatic heterocycles. The Kier molecular flexibility index (Phi) is 4.46. The van der Waals surface area contributed by atoms with Crippen LogP contribution in [0.5, 0.6) is 0 Å². The first-order valence-corrected chi connectivity index (χ1v) is 6.52. The van der Waals surface area contributed by atoms with Crippen molar-refractivity contribution in [3.63, 3.8) is 0 Å². The van der Waals surface area contributed by atoms with Crippen LogP contribution in [0.25, 0.3) is 0 Å². The van der Waals surface area contributed by atoms with E-state index in [1.54, 1.807) is 0 Å². The van der Waals surface area contributed by atoms with Crippen molar-refractivity contribution in [2.75, 3.05) is 7.11 Å². The Bertz CT molecular complexity index is 668. The largest absolute Gasteiger partial charge is 0.469 e. The van der Waals surface area contributed by atoms with Gasteiger partial charge in [-0.05, 0) is 0 Å². The molecular formula is C13H15F3N4O3. The van der Waals surface area contributed by atoms with E-state index in [1.165, 1.54) is 36.5 Å². The monoisotopic (exact) mass is 332 g/mol. The molecule has 0 saturated carbocycles. The van der Waals surface area contributed by atoms with Gasteiger partial charge in [0.25, 0.3) is 0 Å². The highest BCUT2D eigenvalue weighted by Crippen LogP contribution is 2.44. The fourth-order valence-electron chi connectivity index (χ4n) is 2.34. The smallest absolute Gasteiger partial charge is 0.425 e. The zero-order chi connectivity index (χ0) is 17.3. The summed E-state index contributed by atoms with van der Waals surface area (Å²) in [5.41, 5.74) is -3.51. The van der Waals surface area contributed by atoms with Crippen molar-refractivity contribution in [3.05, 3.63) is 36.9 Å². The number of aromatic nitrogens is 4. The van der Waals surface area contributed by atoms with Gasteiger partial charge in [-0.25, -0.2) is 9.97 Å². The average molecular weight is 332 g/mol. The van der Waals surface area contributed by atoms with Gasteiger partial charge in [-0.15, -0.1) is 0 Å². The molecule has 23 heavy (non-hydrogen) atoms. The third kappa shape index (κ3) is 2.93. The van der Waals surface area contributed by atoms with Crippen LogP contribution >= 0.6 is 0 Å². The van der Waals surface area contributed by atoms with E-state index in [9.17, 15) is 23.1 Å². The van der Waals surface area contributed by atoms with Gasteiger partial charge in [-0.1, -0.05) is 0 Å². The Morgan fingerprint density at radius 1 is 1.39 bits per heavy atom. The van der Waals surface area contributed by atoms with Crippen LogP contribution in [0.15, 0.2) is 31.1 Å². The van der Waals surface area contributed by atoms with E-state index in [0.717, 1.165) is 17.9 Å². The molecule has 2 heterocycles. The number of hydrogen-bond donors (Lipinski definition) is 1. The van der Waals surface area contributed by atoms with Crippen molar-refractivity contribution in [2.45, 2.75) is 18.3 Å². The molecule has 0 radical (unpaired) electrons. The lowest BCUT2D eigenvalue weighted by molar-refractivity contribution is -0.291. The van der Waals surface area contributed by atoms with Crippen LogP contribution < -0.4 is 0 Å². The highest BCUT2D eigenvalue weighted by Gasteiger charge is 2.64. The van der Waals surface area contributed by atoms with E-state index in [0.29, 0.717) is 0 Å². The fourth-order valence-corrected chi connectivity index (χ4v) is 2.34. The van der Waals surface area contributed by atoms with Gasteiger partial charge >= 0.3 is 12.1 Å². The molecule has 126 valence electrons. The SMILES string of the molecule is COC(=O)[C@H](Cn1ccnc1)[C@](O)(c1nccn1C)C(F)(F)F. The van der Waals surface area contributed by atoms with Gasteiger partial charge < -0.3 is 19.0 Å². The minimum Gasteiger partial charge on any atom is -0.469 e. The molecule has 0 amide bonds. The summed E-state index contributed by atoms with van der Waals surface area (Å²) in [7, 11) is 2.25. The molecular weight excluding hydrogens is 317 g/mol. The van der Waals surface area contributed by atoms with Crippen LogP contribution in [0.3, 0.4) is 0 Å². The molecule has 7 nitrogen and oxygen atoms in total. The maximum Gasteiger partial charge on any atom is 0.425 e. The predicted octanol–water partition coefficient (Wildman–Crippen LogP) is 0.856. The molecule has 1 N–H and O–H groups in total. The van der Waals surface area contributed by atoms with Crippen LogP contribution in [0.2, 0.25) is 0 Å². The van der Waals surface area contributed by atoms with E-state index in [-0.39, 0.29) is 0 Å². The summed E-state index contributed by atoms with van der Waals surface area (Å²) in [6.07, 6.45) is 1.18. The minimum atomic E-state index is -5.15. The summed E-state index contributed by atoms with van der Waals surface area (Å²) >= 11 is 0. The van der Waals surface area contributed by atoms with Crippen molar-refractivity contribution in [2.24, 2.45) is 13.0 Å². The fraction of sp³-hybridized carbons (Fsp3) is 0.462. The molecule has 0 aromatic carbocycles. The quantitative estimate of drug-likeness (QED) is 0.821. The molecule has 0 spiro atoms. The molecule has 0 fully saturated rings. The van der Waals surface area contributed by atoms with Crippen LogP contribution in [-0.2, 0) is 28.7 Å². The maximum atomic E-state index is 13.7. The minimum absolute atomic E-state index is 0.477. The number of esters is 1. The number of aryl methyl sites for hydroxylation is 1. The lowest BCUT2D eigenvalue weighted by Gasteiger charge is -2.35. The molecule has 0 aliphatic rings. The number of methoxy groups -OCH3 is 1. The first-order valence-electron chi connectivity index (χ1n) is 6.52. The molecule has 2 rings (SSSR count). The number of carbonyl (C=O) groups excluding carboxylic acids is 1. The molecule has 0 bridgehead atoms. The number of imidazole rings is 2. The highest BCUT2D eigenvalue weighted by atomic mass is 19.4. The molecule has 0 aliphatic carbocycles.